The Morgan fingerprint density at radius 3 is 2.57 bits per heavy atom. The first-order valence-corrected chi connectivity index (χ1v) is 6.64. The van der Waals surface area contributed by atoms with Crippen LogP contribution in [0.3, 0.4) is 0 Å². The molecule has 1 aromatic heterocycles. The maximum absolute atomic E-state index is 11.2. The average molecular weight is 287 g/mol. The molecule has 6 heteroatoms. The number of ether oxygens (including phenoxy) is 1. The molecule has 0 unspecified atom stereocenters. The number of aromatic carboxylic acids is 1. The number of anilines is 1. The third-order valence-electron chi connectivity index (χ3n) is 2.85. The molecule has 6 nitrogen and oxygen atoms in total. The molecular weight excluding hydrogens is 270 g/mol. The number of methoxy groups -OCH3 is 1. The van der Waals surface area contributed by atoms with E-state index in [4.69, 9.17) is 9.84 Å². The third kappa shape index (κ3) is 3.68. The van der Waals surface area contributed by atoms with Crippen LogP contribution in [0.2, 0.25) is 0 Å². The number of nitrogens with zero attached hydrogens (tertiary/aromatic N) is 2. The molecule has 0 saturated carbocycles. The second kappa shape index (κ2) is 6.69. The van der Waals surface area contributed by atoms with E-state index in [0.29, 0.717) is 11.6 Å². The highest BCUT2D eigenvalue weighted by Gasteiger charge is 2.11. The van der Waals surface area contributed by atoms with Crippen molar-refractivity contribution >= 4 is 11.8 Å². The van der Waals surface area contributed by atoms with Crippen LogP contribution in [-0.2, 0) is 0 Å². The molecular formula is C15H17N3O3. The van der Waals surface area contributed by atoms with Crippen LogP contribution in [0.5, 0.6) is 5.75 Å². The standard InChI is InChI=1S/C15H17N3O3/c1-3-8-16-13-9-12(15(19)20)17-14(18-13)10-4-6-11(21-2)7-5-10/h4-7,9H,3,8H2,1-2H3,(H,19,20)(H,16,17,18). The van der Waals surface area contributed by atoms with Gasteiger partial charge >= 0.3 is 5.97 Å². The van der Waals surface area contributed by atoms with E-state index in [1.807, 2.05) is 6.92 Å². The summed E-state index contributed by atoms with van der Waals surface area (Å²) in [6.45, 7) is 2.74. The number of carboxylic acid groups (broad SMARTS) is 1. The number of benzene rings is 1. The van der Waals surface area contributed by atoms with Crippen molar-refractivity contribution in [2.45, 2.75) is 13.3 Å². The molecule has 0 radical (unpaired) electrons. The van der Waals surface area contributed by atoms with Gasteiger partial charge in [0.05, 0.1) is 7.11 Å². The number of nitrogens with one attached hydrogen (secondary N) is 1. The van der Waals surface area contributed by atoms with Gasteiger partial charge in [-0.2, -0.15) is 0 Å². The molecule has 1 heterocycles. The van der Waals surface area contributed by atoms with Crippen LogP contribution < -0.4 is 10.1 Å². The van der Waals surface area contributed by atoms with Gasteiger partial charge in [0.2, 0.25) is 0 Å². The van der Waals surface area contributed by atoms with Crippen LogP contribution in [0, 0.1) is 0 Å². The summed E-state index contributed by atoms with van der Waals surface area (Å²) in [6, 6.07) is 8.59. The molecule has 110 valence electrons. The Bertz CT molecular complexity index is 627. The smallest absolute Gasteiger partial charge is 0.354 e. The van der Waals surface area contributed by atoms with E-state index >= 15 is 0 Å². The minimum absolute atomic E-state index is 0.0329. The lowest BCUT2D eigenvalue weighted by Crippen LogP contribution is -2.08. The number of carboxylic acids is 1. The zero-order valence-electron chi connectivity index (χ0n) is 12.0. The fourth-order valence-electron chi connectivity index (χ4n) is 1.77. The Morgan fingerprint density at radius 1 is 1.29 bits per heavy atom. The number of aromatic nitrogens is 2. The second-order valence-electron chi connectivity index (χ2n) is 4.42. The monoisotopic (exact) mass is 287 g/mol. The topological polar surface area (TPSA) is 84.3 Å². The van der Waals surface area contributed by atoms with E-state index in [0.717, 1.165) is 24.3 Å². The fourth-order valence-corrected chi connectivity index (χ4v) is 1.77. The summed E-state index contributed by atoms with van der Waals surface area (Å²) in [5.41, 5.74) is 0.702. The predicted molar refractivity (Wildman–Crippen MR) is 79.8 cm³/mol. The molecule has 0 fully saturated rings. The average Bonchev–Trinajstić information content (AvgIpc) is 2.52. The van der Waals surface area contributed by atoms with Gasteiger partial charge in [0.25, 0.3) is 0 Å². The molecule has 2 N–H and O–H groups in total. The molecule has 2 rings (SSSR count). The van der Waals surface area contributed by atoms with Crippen molar-refractivity contribution in [3.8, 4) is 17.1 Å². The quantitative estimate of drug-likeness (QED) is 0.849. The highest BCUT2D eigenvalue weighted by Crippen LogP contribution is 2.21. The molecule has 0 atom stereocenters. The van der Waals surface area contributed by atoms with Gasteiger partial charge in [-0.3, -0.25) is 0 Å². The van der Waals surface area contributed by atoms with Crippen molar-refractivity contribution in [3.63, 3.8) is 0 Å². The first-order chi connectivity index (χ1) is 10.1. The van der Waals surface area contributed by atoms with E-state index in [-0.39, 0.29) is 5.69 Å². The van der Waals surface area contributed by atoms with E-state index < -0.39 is 5.97 Å². The maximum Gasteiger partial charge on any atom is 0.354 e. The van der Waals surface area contributed by atoms with Crippen molar-refractivity contribution < 1.29 is 14.6 Å². The fraction of sp³-hybridized carbons (Fsp3) is 0.267. The molecule has 0 aliphatic carbocycles. The van der Waals surface area contributed by atoms with Gasteiger partial charge in [-0.05, 0) is 30.7 Å². The minimum Gasteiger partial charge on any atom is -0.497 e. The van der Waals surface area contributed by atoms with E-state index in [9.17, 15) is 4.79 Å². The summed E-state index contributed by atoms with van der Waals surface area (Å²) >= 11 is 0. The Labute approximate surface area is 122 Å². The van der Waals surface area contributed by atoms with Crippen molar-refractivity contribution in [2.75, 3.05) is 19.0 Å². The predicted octanol–water partition coefficient (Wildman–Crippen LogP) is 2.67. The van der Waals surface area contributed by atoms with Gasteiger partial charge in [-0.25, -0.2) is 14.8 Å². The summed E-state index contributed by atoms with van der Waals surface area (Å²) in [4.78, 5) is 19.6. The summed E-state index contributed by atoms with van der Waals surface area (Å²) in [5, 5.41) is 12.2. The van der Waals surface area contributed by atoms with Crippen LogP contribution in [0.25, 0.3) is 11.4 Å². The van der Waals surface area contributed by atoms with Gasteiger partial charge in [-0.15, -0.1) is 0 Å². The molecule has 0 amide bonds. The minimum atomic E-state index is -1.08. The maximum atomic E-state index is 11.2. The summed E-state index contributed by atoms with van der Waals surface area (Å²) in [6.07, 6.45) is 0.921. The van der Waals surface area contributed by atoms with Gasteiger partial charge in [0.1, 0.15) is 11.6 Å². The van der Waals surface area contributed by atoms with E-state index in [1.54, 1.807) is 31.4 Å². The van der Waals surface area contributed by atoms with Crippen molar-refractivity contribution in [1.82, 2.24) is 9.97 Å². The SMILES string of the molecule is CCCNc1cc(C(=O)O)nc(-c2ccc(OC)cc2)n1. The lowest BCUT2D eigenvalue weighted by atomic mass is 10.2. The largest absolute Gasteiger partial charge is 0.497 e. The normalized spacial score (nSPS) is 10.2. The number of carbonyl (C=O) groups is 1. The Hall–Kier alpha value is -2.63. The Morgan fingerprint density at radius 2 is 2.00 bits per heavy atom. The third-order valence-corrected chi connectivity index (χ3v) is 2.85. The summed E-state index contributed by atoms with van der Waals surface area (Å²) in [7, 11) is 1.59. The molecule has 0 bridgehead atoms. The zero-order valence-corrected chi connectivity index (χ0v) is 12.0. The first kappa shape index (κ1) is 14.8. The molecule has 0 saturated heterocycles. The lowest BCUT2D eigenvalue weighted by Gasteiger charge is -2.08. The number of hydrogen-bond acceptors (Lipinski definition) is 5. The van der Waals surface area contributed by atoms with Crippen LogP contribution in [0.4, 0.5) is 5.82 Å². The lowest BCUT2D eigenvalue weighted by molar-refractivity contribution is 0.0690. The zero-order chi connectivity index (χ0) is 15.2. The molecule has 0 spiro atoms. The highest BCUT2D eigenvalue weighted by atomic mass is 16.5. The van der Waals surface area contributed by atoms with Crippen molar-refractivity contribution in [3.05, 3.63) is 36.0 Å². The van der Waals surface area contributed by atoms with Crippen molar-refractivity contribution in [1.29, 1.82) is 0 Å². The summed E-state index contributed by atoms with van der Waals surface area (Å²) in [5.74, 6) is 0.524. The molecule has 2 aromatic rings. The van der Waals surface area contributed by atoms with Crippen LogP contribution in [0.1, 0.15) is 23.8 Å². The van der Waals surface area contributed by atoms with E-state index in [2.05, 4.69) is 15.3 Å². The molecule has 21 heavy (non-hydrogen) atoms. The first-order valence-electron chi connectivity index (χ1n) is 6.64. The summed E-state index contributed by atoms with van der Waals surface area (Å²) < 4.78 is 5.10. The van der Waals surface area contributed by atoms with Gasteiger partial charge in [-0.1, -0.05) is 6.92 Å². The van der Waals surface area contributed by atoms with E-state index in [1.165, 1.54) is 6.07 Å². The second-order valence-corrected chi connectivity index (χ2v) is 4.42. The number of rotatable bonds is 6. The van der Waals surface area contributed by atoms with Gasteiger partial charge in [0, 0.05) is 18.2 Å². The molecule has 1 aromatic carbocycles. The van der Waals surface area contributed by atoms with Gasteiger partial charge < -0.3 is 15.2 Å². The van der Waals surface area contributed by atoms with Crippen LogP contribution in [-0.4, -0.2) is 34.7 Å². The van der Waals surface area contributed by atoms with Crippen LogP contribution >= 0.6 is 0 Å². The molecule has 0 aliphatic rings. The van der Waals surface area contributed by atoms with Gasteiger partial charge in [0.15, 0.2) is 11.5 Å². The highest BCUT2D eigenvalue weighted by molar-refractivity contribution is 5.87. The Balaban J connectivity index is 2.40. The van der Waals surface area contributed by atoms with Crippen LogP contribution in [0.15, 0.2) is 30.3 Å². The molecule has 0 aliphatic heterocycles. The number of hydrogen-bond donors (Lipinski definition) is 2. The Kier molecular flexibility index (Phi) is 4.71. The van der Waals surface area contributed by atoms with Crippen molar-refractivity contribution in [2.24, 2.45) is 0 Å².